The van der Waals surface area contributed by atoms with Crippen LogP contribution in [0.1, 0.15) is 32.6 Å². The van der Waals surface area contributed by atoms with Gasteiger partial charge in [0.15, 0.2) is 0 Å². The van der Waals surface area contributed by atoms with Gasteiger partial charge in [0.1, 0.15) is 5.82 Å². The third-order valence-electron chi connectivity index (χ3n) is 3.42. The Morgan fingerprint density at radius 1 is 1.50 bits per heavy atom. The summed E-state index contributed by atoms with van der Waals surface area (Å²) < 4.78 is 0. The number of pyridine rings is 1. The Morgan fingerprint density at radius 3 is 3.11 bits per heavy atom. The van der Waals surface area contributed by atoms with Crippen molar-refractivity contribution in [3.8, 4) is 0 Å². The van der Waals surface area contributed by atoms with E-state index in [1.54, 1.807) is 6.92 Å². The second kappa shape index (κ2) is 6.38. The molecule has 1 saturated heterocycles. The zero-order valence-corrected chi connectivity index (χ0v) is 10.9. The van der Waals surface area contributed by atoms with Gasteiger partial charge < -0.3 is 10.2 Å². The van der Waals surface area contributed by atoms with Crippen LogP contribution in [0.5, 0.6) is 0 Å². The number of hydrogen-bond donors (Lipinski definition) is 1. The molecule has 1 fully saturated rings. The lowest BCUT2D eigenvalue weighted by Gasteiger charge is -2.36. The van der Waals surface area contributed by atoms with E-state index >= 15 is 0 Å². The highest BCUT2D eigenvalue weighted by atomic mass is 16.1. The molecule has 1 N–H and O–H groups in total. The molecule has 0 aromatic carbocycles. The van der Waals surface area contributed by atoms with Crippen LogP contribution in [0, 0.1) is 0 Å². The van der Waals surface area contributed by atoms with E-state index in [2.05, 4.69) is 21.3 Å². The average molecular weight is 247 g/mol. The fraction of sp³-hybridized carbons (Fsp3) is 0.571. The summed E-state index contributed by atoms with van der Waals surface area (Å²) in [5.74, 6) is 1.11. The first-order valence-electron chi connectivity index (χ1n) is 6.69. The van der Waals surface area contributed by atoms with Crippen LogP contribution < -0.4 is 10.2 Å². The van der Waals surface area contributed by atoms with Crippen LogP contribution in [0.2, 0.25) is 0 Å². The standard InChI is InChI=1S/C14H21N3O/c1-12(18)15-10-8-13-6-3-5-11-17(13)14-7-2-4-9-16-14/h2,4,7,9,13H,3,5-6,8,10-11H2,1H3,(H,15,18). The van der Waals surface area contributed by atoms with Crippen molar-refractivity contribution in [3.05, 3.63) is 24.4 Å². The maximum atomic E-state index is 10.9. The van der Waals surface area contributed by atoms with Gasteiger partial charge in [0.25, 0.3) is 0 Å². The Morgan fingerprint density at radius 2 is 2.39 bits per heavy atom. The minimum absolute atomic E-state index is 0.0511. The lowest BCUT2D eigenvalue weighted by Crippen LogP contribution is -2.42. The van der Waals surface area contributed by atoms with E-state index in [1.807, 2.05) is 18.3 Å². The minimum Gasteiger partial charge on any atom is -0.356 e. The molecule has 1 aliphatic rings. The Kier molecular flexibility index (Phi) is 4.56. The number of amides is 1. The molecule has 0 saturated carbocycles. The summed E-state index contributed by atoms with van der Waals surface area (Å²) in [4.78, 5) is 17.7. The number of anilines is 1. The Bertz CT molecular complexity index is 380. The molecule has 18 heavy (non-hydrogen) atoms. The van der Waals surface area contributed by atoms with Crippen LogP contribution in [-0.4, -0.2) is 30.0 Å². The van der Waals surface area contributed by atoms with E-state index in [-0.39, 0.29) is 5.91 Å². The summed E-state index contributed by atoms with van der Waals surface area (Å²) in [7, 11) is 0. The second-order valence-electron chi connectivity index (χ2n) is 4.80. The molecule has 2 heterocycles. The maximum Gasteiger partial charge on any atom is 0.216 e. The van der Waals surface area contributed by atoms with Crippen LogP contribution in [-0.2, 0) is 4.79 Å². The van der Waals surface area contributed by atoms with Crippen LogP contribution >= 0.6 is 0 Å². The van der Waals surface area contributed by atoms with Crippen molar-refractivity contribution in [2.24, 2.45) is 0 Å². The van der Waals surface area contributed by atoms with E-state index in [0.717, 1.165) is 25.3 Å². The average Bonchev–Trinajstić information content (AvgIpc) is 2.40. The van der Waals surface area contributed by atoms with Gasteiger partial charge in [-0.05, 0) is 37.8 Å². The molecule has 1 unspecified atom stereocenters. The SMILES string of the molecule is CC(=O)NCCC1CCCCN1c1ccccn1. The molecule has 1 amide bonds. The number of carbonyl (C=O) groups excluding carboxylic acids is 1. The predicted octanol–water partition coefficient (Wildman–Crippen LogP) is 1.97. The fourth-order valence-electron chi connectivity index (χ4n) is 2.54. The number of aromatic nitrogens is 1. The largest absolute Gasteiger partial charge is 0.356 e. The molecule has 4 heteroatoms. The Hall–Kier alpha value is -1.58. The summed E-state index contributed by atoms with van der Waals surface area (Å²) in [5, 5.41) is 2.88. The second-order valence-corrected chi connectivity index (χ2v) is 4.80. The first kappa shape index (κ1) is 12.9. The van der Waals surface area contributed by atoms with Gasteiger partial charge in [-0.3, -0.25) is 4.79 Å². The molecule has 1 aliphatic heterocycles. The molecule has 1 aromatic rings. The van der Waals surface area contributed by atoms with Crippen molar-refractivity contribution in [2.45, 2.75) is 38.6 Å². The van der Waals surface area contributed by atoms with Crippen molar-refractivity contribution in [1.82, 2.24) is 10.3 Å². The molecule has 0 spiro atoms. The van der Waals surface area contributed by atoms with E-state index < -0.39 is 0 Å². The quantitative estimate of drug-likeness (QED) is 0.884. The number of nitrogens with zero attached hydrogens (tertiary/aromatic N) is 2. The highest BCUT2D eigenvalue weighted by Crippen LogP contribution is 2.24. The fourth-order valence-corrected chi connectivity index (χ4v) is 2.54. The molecule has 0 radical (unpaired) electrons. The number of rotatable bonds is 4. The van der Waals surface area contributed by atoms with Crippen LogP contribution in [0.4, 0.5) is 5.82 Å². The molecule has 2 rings (SSSR count). The highest BCUT2D eigenvalue weighted by Gasteiger charge is 2.22. The summed E-state index contributed by atoms with van der Waals surface area (Å²) in [6.45, 7) is 3.39. The van der Waals surface area contributed by atoms with Gasteiger partial charge in [0.2, 0.25) is 5.91 Å². The molecule has 0 bridgehead atoms. The normalized spacial score (nSPS) is 19.6. The van der Waals surface area contributed by atoms with Crippen molar-refractivity contribution in [1.29, 1.82) is 0 Å². The Balaban J connectivity index is 1.95. The van der Waals surface area contributed by atoms with Gasteiger partial charge in [-0.15, -0.1) is 0 Å². The molecular weight excluding hydrogens is 226 g/mol. The third-order valence-corrected chi connectivity index (χ3v) is 3.42. The lowest BCUT2D eigenvalue weighted by atomic mass is 9.99. The minimum atomic E-state index is 0.0511. The number of carbonyl (C=O) groups is 1. The summed E-state index contributed by atoms with van der Waals surface area (Å²) in [5.41, 5.74) is 0. The van der Waals surface area contributed by atoms with Crippen LogP contribution in [0.15, 0.2) is 24.4 Å². The molecule has 98 valence electrons. The van der Waals surface area contributed by atoms with Crippen LogP contribution in [0.25, 0.3) is 0 Å². The lowest BCUT2D eigenvalue weighted by molar-refractivity contribution is -0.118. The molecule has 4 nitrogen and oxygen atoms in total. The van der Waals surface area contributed by atoms with E-state index in [1.165, 1.54) is 19.3 Å². The summed E-state index contributed by atoms with van der Waals surface area (Å²) in [6.07, 6.45) is 6.53. The van der Waals surface area contributed by atoms with E-state index in [9.17, 15) is 4.79 Å². The number of hydrogen-bond acceptors (Lipinski definition) is 3. The van der Waals surface area contributed by atoms with Gasteiger partial charge in [-0.25, -0.2) is 4.98 Å². The smallest absolute Gasteiger partial charge is 0.216 e. The van der Waals surface area contributed by atoms with Crippen molar-refractivity contribution >= 4 is 11.7 Å². The first-order valence-corrected chi connectivity index (χ1v) is 6.69. The molecule has 0 aliphatic carbocycles. The van der Waals surface area contributed by atoms with Gasteiger partial charge in [0.05, 0.1) is 0 Å². The molecule has 1 aromatic heterocycles. The maximum absolute atomic E-state index is 10.9. The highest BCUT2D eigenvalue weighted by molar-refractivity contribution is 5.72. The monoisotopic (exact) mass is 247 g/mol. The summed E-state index contributed by atoms with van der Waals surface area (Å²) >= 11 is 0. The first-order chi connectivity index (χ1) is 8.77. The molecule has 1 atom stereocenters. The molecular formula is C14H21N3O. The van der Waals surface area contributed by atoms with Crippen molar-refractivity contribution in [2.75, 3.05) is 18.0 Å². The topological polar surface area (TPSA) is 45.2 Å². The Labute approximate surface area is 108 Å². The third kappa shape index (κ3) is 3.45. The van der Waals surface area contributed by atoms with Gasteiger partial charge in [0, 0.05) is 32.3 Å². The van der Waals surface area contributed by atoms with E-state index in [0.29, 0.717) is 6.04 Å². The predicted molar refractivity (Wildman–Crippen MR) is 72.5 cm³/mol. The van der Waals surface area contributed by atoms with Crippen molar-refractivity contribution < 1.29 is 4.79 Å². The number of piperidine rings is 1. The summed E-state index contributed by atoms with van der Waals surface area (Å²) in [6, 6.07) is 6.54. The zero-order valence-electron chi connectivity index (χ0n) is 10.9. The van der Waals surface area contributed by atoms with Crippen molar-refractivity contribution in [3.63, 3.8) is 0 Å². The van der Waals surface area contributed by atoms with Gasteiger partial charge >= 0.3 is 0 Å². The zero-order chi connectivity index (χ0) is 12.8. The number of nitrogens with one attached hydrogen (secondary N) is 1. The van der Waals surface area contributed by atoms with Gasteiger partial charge in [-0.2, -0.15) is 0 Å². The van der Waals surface area contributed by atoms with Crippen LogP contribution in [0.3, 0.4) is 0 Å². The van der Waals surface area contributed by atoms with E-state index in [4.69, 9.17) is 0 Å². The van der Waals surface area contributed by atoms with Gasteiger partial charge in [-0.1, -0.05) is 6.07 Å².